The molecule has 8 heteroatoms. The van der Waals surface area contributed by atoms with E-state index >= 15 is 0 Å². The molecule has 0 fully saturated rings. The van der Waals surface area contributed by atoms with Gasteiger partial charge in [0.2, 0.25) is 11.9 Å². The van der Waals surface area contributed by atoms with E-state index in [4.69, 9.17) is 9.47 Å². The number of likely N-dealkylation sites (N-methyl/N-ethyl adjacent to an activating group) is 1. The third kappa shape index (κ3) is 11.3. The summed E-state index contributed by atoms with van der Waals surface area (Å²) in [6, 6.07) is 9.22. The van der Waals surface area contributed by atoms with Crippen LogP contribution in [0.3, 0.4) is 0 Å². The highest BCUT2D eigenvalue weighted by Crippen LogP contribution is 2.09. The fourth-order valence-corrected chi connectivity index (χ4v) is 3.30. The monoisotopic (exact) mass is 457 g/mol. The molecule has 1 aromatic rings. The van der Waals surface area contributed by atoms with Gasteiger partial charge in [0, 0.05) is 13.5 Å². The largest absolute Gasteiger partial charge is 0.461 e. The predicted molar refractivity (Wildman–Crippen MR) is 126 cm³/mol. The highest BCUT2D eigenvalue weighted by atomic mass is 16.5. The number of allylic oxidation sites excluding steroid dienone is 2. The summed E-state index contributed by atoms with van der Waals surface area (Å²) in [5, 5.41) is 2.64. The molecule has 0 bridgehead atoms. The molecule has 0 spiro atoms. The number of cyclic esters (lactones) is 1. The molecule has 1 aliphatic rings. The third-order valence-electron chi connectivity index (χ3n) is 5.14. The van der Waals surface area contributed by atoms with Crippen molar-refractivity contribution in [3.63, 3.8) is 0 Å². The number of nitrogens with one attached hydrogen (secondary N) is 1. The number of hydrogen-bond donors (Lipinski definition) is 1. The fraction of sp³-hybridized carbons (Fsp3) is 0.520. The first-order valence-electron chi connectivity index (χ1n) is 11.6. The van der Waals surface area contributed by atoms with Crippen molar-refractivity contribution in [2.75, 3.05) is 13.6 Å². The summed E-state index contributed by atoms with van der Waals surface area (Å²) >= 11 is 0. The zero-order valence-electron chi connectivity index (χ0n) is 19.6. The highest BCUT2D eigenvalue weighted by Gasteiger charge is 2.18. The van der Waals surface area contributed by atoms with Crippen molar-refractivity contribution in [1.29, 1.82) is 0 Å². The second kappa shape index (κ2) is 14.8. The molecule has 0 saturated carbocycles. The van der Waals surface area contributed by atoms with E-state index in [2.05, 4.69) is 22.5 Å². The number of nitrogens with zero attached hydrogens (tertiary/aromatic N) is 2. The number of rotatable bonds is 2. The molecule has 1 N–H and O–H groups in total. The average molecular weight is 458 g/mol. The number of benzene rings is 1. The number of esters is 1. The summed E-state index contributed by atoms with van der Waals surface area (Å²) in [6.07, 6.45) is 9.89. The van der Waals surface area contributed by atoms with E-state index in [-0.39, 0.29) is 31.1 Å². The van der Waals surface area contributed by atoms with Crippen LogP contribution in [-0.2, 0) is 25.7 Å². The molecule has 1 aromatic carbocycles. The molecular formula is C25H35N3O5. The van der Waals surface area contributed by atoms with E-state index < -0.39 is 12.1 Å². The van der Waals surface area contributed by atoms with Gasteiger partial charge in [0.25, 0.3) is 0 Å². The Bertz CT molecular complexity index is 823. The van der Waals surface area contributed by atoms with Crippen molar-refractivity contribution in [3.05, 3.63) is 48.0 Å². The predicted octanol–water partition coefficient (Wildman–Crippen LogP) is 4.35. The van der Waals surface area contributed by atoms with Crippen molar-refractivity contribution in [1.82, 2.24) is 10.2 Å². The minimum Gasteiger partial charge on any atom is -0.461 e. The van der Waals surface area contributed by atoms with Gasteiger partial charge in [-0.25, -0.2) is 4.79 Å². The van der Waals surface area contributed by atoms with Crippen LogP contribution >= 0.6 is 0 Å². The lowest BCUT2D eigenvalue weighted by Crippen LogP contribution is -2.45. The number of aliphatic imine (C=N–C) groups is 1. The summed E-state index contributed by atoms with van der Waals surface area (Å²) in [6.45, 7) is 1.77. The average Bonchev–Trinajstić information content (AvgIpc) is 2.78. The van der Waals surface area contributed by atoms with Crippen molar-refractivity contribution >= 4 is 23.9 Å². The summed E-state index contributed by atoms with van der Waals surface area (Å²) < 4.78 is 10.7. The van der Waals surface area contributed by atoms with Crippen LogP contribution in [0.4, 0.5) is 4.79 Å². The molecule has 2 amide bonds. The molecular weight excluding hydrogens is 422 g/mol. The van der Waals surface area contributed by atoms with Gasteiger partial charge in [0.1, 0.15) is 13.2 Å². The van der Waals surface area contributed by atoms with E-state index in [9.17, 15) is 14.4 Å². The van der Waals surface area contributed by atoms with Crippen LogP contribution in [-0.4, -0.2) is 48.5 Å². The topological polar surface area (TPSA) is 97.3 Å². The van der Waals surface area contributed by atoms with Crippen LogP contribution in [0.25, 0.3) is 0 Å². The van der Waals surface area contributed by atoms with E-state index in [0.29, 0.717) is 12.8 Å². The Morgan fingerprint density at radius 1 is 1.12 bits per heavy atom. The molecule has 0 aliphatic carbocycles. The minimum absolute atomic E-state index is 0.0383. The molecule has 33 heavy (non-hydrogen) atoms. The van der Waals surface area contributed by atoms with E-state index in [1.54, 1.807) is 7.05 Å². The fourth-order valence-electron chi connectivity index (χ4n) is 3.30. The Labute approximate surface area is 196 Å². The molecule has 0 aromatic heterocycles. The molecule has 2 rings (SSSR count). The van der Waals surface area contributed by atoms with Crippen LogP contribution in [0.15, 0.2) is 47.5 Å². The van der Waals surface area contributed by atoms with Gasteiger partial charge in [-0.05, 0) is 57.4 Å². The van der Waals surface area contributed by atoms with E-state index in [1.165, 1.54) is 4.90 Å². The van der Waals surface area contributed by atoms with Crippen molar-refractivity contribution in [2.45, 2.75) is 71.0 Å². The number of carbonyl (C=O) groups is 3. The molecule has 0 unspecified atom stereocenters. The lowest BCUT2D eigenvalue weighted by Gasteiger charge is -2.22. The molecule has 1 heterocycles. The van der Waals surface area contributed by atoms with Crippen LogP contribution < -0.4 is 5.32 Å². The second-order valence-electron chi connectivity index (χ2n) is 8.18. The van der Waals surface area contributed by atoms with Gasteiger partial charge < -0.3 is 14.4 Å². The van der Waals surface area contributed by atoms with E-state index in [0.717, 1.165) is 44.1 Å². The number of ether oxygens (including phenoxy) is 2. The van der Waals surface area contributed by atoms with Gasteiger partial charge in [0.05, 0.1) is 6.10 Å². The van der Waals surface area contributed by atoms with Crippen LogP contribution in [0.1, 0.15) is 63.9 Å². The first-order valence-corrected chi connectivity index (χ1v) is 11.6. The number of amides is 2. The van der Waals surface area contributed by atoms with Gasteiger partial charge in [-0.2, -0.15) is 0 Å². The molecule has 0 saturated heterocycles. The molecule has 180 valence electrons. The van der Waals surface area contributed by atoms with Gasteiger partial charge in [-0.1, -0.05) is 42.5 Å². The Morgan fingerprint density at radius 2 is 1.82 bits per heavy atom. The summed E-state index contributed by atoms with van der Waals surface area (Å²) in [5.74, 6) is -0.766. The summed E-state index contributed by atoms with van der Waals surface area (Å²) in [4.78, 5) is 42.4. The Morgan fingerprint density at radius 3 is 2.55 bits per heavy atom. The SMILES string of the molecule is C[C@H]1CCCC/C=C/CCCCC(=O)N/C(=N/C(=O)OCc2ccccc2)N(C)CC(=O)O1. The first-order chi connectivity index (χ1) is 15.9. The standard InChI is InChI=1S/C25H35N3O5/c1-20-14-10-7-5-3-4-6-8-13-17-22(29)26-24(28(2)18-23(30)33-20)27-25(31)32-19-21-15-11-9-12-16-21/h3-4,9,11-12,15-16,20H,5-8,10,13-14,17-19H2,1-2H3,(H,26,27,29,31)/b4-3+/t20-/m0/s1. The lowest BCUT2D eigenvalue weighted by molar-refractivity contribution is -0.148. The zero-order valence-corrected chi connectivity index (χ0v) is 19.6. The number of carbonyl (C=O) groups excluding carboxylic acids is 3. The van der Waals surface area contributed by atoms with E-state index in [1.807, 2.05) is 37.3 Å². The Kier molecular flexibility index (Phi) is 11.7. The number of hydrogen-bond acceptors (Lipinski definition) is 5. The quantitative estimate of drug-likeness (QED) is 0.524. The molecule has 1 aliphatic heterocycles. The van der Waals surface area contributed by atoms with Gasteiger partial charge in [0.15, 0.2) is 0 Å². The maximum absolute atomic E-state index is 12.4. The molecule has 0 radical (unpaired) electrons. The van der Waals surface area contributed by atoms with Crippen LogP contribution in [0, 0.1) is 0 Å². The van der Waals surface area contributed by atoms with Crippen molar-refractivity contribution in [3.8, 4) is 0 Å². The van der Waals surface area contributed by atoms with Crippen molar-refractivity contribution in [2.24, 2.45) is 4.99 Å². The van der Waals surface area contributed by atoms with Crippen molar-refractivity contribution < 1.29 is 23.9 Å². The van der Waals surface area contributed by atoms with Gasteiger partial charge in [-0.15, -0.1) is 4.99 Å². The molecule has 8 nitrogen and oxygen atoms in total. The van der Waals surface area contributed by atoms with Crippen LogP contribution in [0.5, 0.6) is 0 Å². The number of guanidine groups is 1. The molecule has 1 atom stereocenters. The first kappa shape index (κ1) is 26.1. The maximum Gasteiger partial charge on any atom is 0.437 e. The highest BCUT2D eigenvalue weighted by molar-refractivity contribution is 6.01. The lowest BCUT2D eigenvalue weighted by atomic mass is 10.1. The minimum atomic E-state index is -0.852. The smallest absolute Gasteiger partial charge is 0.437 e. The zero-order chi connectivity index (χ0) is 23.9. The Balaban J connectivity index is 2.05. The third-order valence-corrected chi connectivity index (χ3v) is 5.14. The normalized spacial score (nSPS) is 21.9. The summed E-state index contributed by atoms with van der Waals surface area (Å²) in [7, 11) is 1.57. The van der Waals surface area contributed by atoms with Gasteiger partial charge in [-0.3, -0.25) is 14.9 Å². The van der Waals surface area contributed by atoms with Gasteiger partial charge >= 0.3 is 12.1 Å². The Hall–Kier alpha value is -3.16. The second-order valence-corrected chi connectivity index (χ2v) is 8.18. The summed E-state index contributed by atoms with van der Waals surface area (Å²) in [5.41, 5.74) is 0.819. The maximum atomic E-state index is 12.4. The van der Waals surface area contributed by atoms with Crippen LogP contribution in [0.2, 0.25) is 0 Å².